The quantitative estimate of drug-likeness (QED) is 0.643. The van der Waals surface area contributed by atoms with E-state index in [1.807, 2.05) is 12.1 Å². The van der Waals surface area contributed by atoms with E-state index in [-0.39, 0.29) is 11.9 Å². The van der Waals surface area contributed by atoms with Crippen LogP contribution in [-0.2, 0) is 4.79 Å². The summed E-state index contributed by atoms with van der Waals surface area (Å²) in [5, 5.41) is 4.23. The molecule has 0 unspecified atom stereocenters. The van der Waals surface area contributed by atoms with Crippen molar-refractivity contribution in [1.82, 2.24) is 10.3 Å². The Kier molecular flexibility index (Phi) is 5.56. The van der Waals surface area contributed by atoms with Gasteiger partial charge in [0, 0.05) is 24.9 Å². The molecule has 1 N–H and O–H groups in total. The molecule has 1 aromatic heterocycles. The van der Waals surface area contributed by atoms with Crippen LogP contribution in [-0.4, -0.2) is 41.5 Å². The average Bonchev–Trinajstić information content (AvgIpc) is 3.00. The number of thioether (sulfide) groups is 1. The largest absolute Gasteiger partial charge is 0.353 e. The van der Waals surface area contributed by atoms with Crippen molar-refractivity contribution in [3.63, 3.8) is 0 Å². The first-order valence-electron chi connectivity index (χ1n) is 7.85. The number of hydrogen-bond acceptors (Lipinski definition) is 5. The van der Waals surface area contributed by atoms with Gasteiger partial charge in [-0.15, -0.1) is 18.3 Å². The lowest BCUT2D eigenvalue weighted by molar-refractivity contribution is -0.119. The maximum atomic E-state index is 11.9. The monoisotopic (exact) mass is 347 g/mol. The van der Waals surface area contributed by atoms with Crippen LogP contribution in [0.3, 0.4) is 0 Å². The number of rotatable bonds is 6. The summed E-state index contributed by atoms with van der Waals surface area (Å²) in [6.45, 7) is 5.56. The number of carbonyl (C=O) groups is 1. The number of aromatic nitrogens is 1. The second-order valence-electron chi connectivity index (χ2n) is 5.60. The van der Waals surface area contributed by atoms with Crippen LogP contribution in [0.15, 0.2) is 36.9 Å². The molecule has 0 saturated carbocycles. The Bertz CT molecular complexity index is 644. The highest BCUT2D eigenvalue weighted by Gasteiger charge is 2.22. The van der Waals surface area contributed by atoms with Gasteiger partial charge >= 0.3 is 0 Å². The number of carbonyl (C=O) groups excluding carboxylic acids is 1. The minimum Gasteiger partial charge on any atom is -0.353 e. The number of thiazole rings is 1. The summed E-state index contributed by atoms with van der Waals surface area (Å²) in [6.07, 6.45) is 3.79. The Hall–Kier alpha value is -1.53. The summed E-state index contributed by atoms with van der Waals surface area (Å²) in [4.78, 5) is 18.9. The van der Waals surface area contributed by atoms with Crippen LogP contribution in [0.4, 0.5) is 5.13 Å². The molecule has 0 atom stereocenters. The molecule has 1 saturated heterocycles. The summed E-state index contributed by atoms with van der Waals surface area (Å²) < 4.78 is 1.23. The standard InChI is InChI=1S/C17H21N3OS2/c1-2-11-22-12-16(21)18-13-7-9-20(10-8-13)17-19-14-5-3-4-6-15(14)23-17/h2-6,13H,1,7-12H2,(H,18,21). The fourth-order valence-corrected chi connectivity index (χ4v) is 4.29. The molecule has 6 heteroatoms. The molecule has 2 heterocycles. The molecule has 2 aromatic rings. The minimum absolute atomic E-state index is 0.135. The van der Waals surface area contributed by atoms with E-state index in [9.17, 15) is 4.79 Å². The maximum absolute atomic E-state index is 11.9. The van der Waals surface area contributed by atoms with E-state index in [2.05, 4.69) is 35.0 Å². The lowest BCUT2D eigenvalue weighted by Gasteiger charge is -2.32. The Labute approximate surface area is 145 Å². The van der Waals surface area contributed by atoms with Gasteiger partial charge in [0.05, 0.1) is 16.0 Å². The van der Waals surface area contributed by atoms with Gasteiger partial charge in [-0.05, 0) is 25.0 Å². The number of anilines is 1. The number of para-hydroxylation sites is 1. The summed E-state index contributed by atoms with van der Waals surface area (Å²) >= 11 is 3.35. The van der Waals surface area contributed by atoms with Crippen LogP contribution < -0.4 is 10.2 Å². The van der Waals surface area contributed by atoms with Gasteiger partial charge in [0.15, 0.2) is 5.13 Å². The van der Waals surface area contributed by atoms with E-state index in [1.165, 1.54) is 4.70 Å². The first kappa shape index (κ1) is 16.3. The number of nitrogens with zero attached hydrogens (tertiary/aromatic N) is 2. The minimum atomic E-state index is 0.135. The Morgan fingerprint density at radius 2 is 2.22 bits per heavy atom. The molecule has 0 spiro atoms. The molecule has 1 fully saturated rings. The number of benzene rings is 1. The van der Waals surface area contributed by atoms with Gasteiger partial charge in [-0.3, -0.25) is 4.79 Å². The zero-order valence-corrected chi connectivity index (χ0v) is 14.7. The first-order valence-corrected chi connectivity index (χ1v) is 9.82. The molecule has 0 bridgehead atoms. The summed E-state index contributed by atoms with van der Waals surface area (Å²) in [6, 6.07) is 8.54. The van der Waals surface area contributed by atoms with Gasteiger partial charge in [0.2, 0.25) is 5.91 Å². The lowest BCUT2D eigenvalue weighted by atomic mass is 10.1. The molecule has 3 rings (SSSR count). The zero-order valence-electron chi connectivity index (χ0n) is 13.0. The van der Waals surface area contributed by atoms with Crippen molar-refractivity contribution in [2.45, 2.75) is 18.9 Å². The van der Waals surface area contributed by atoms with Crippen molar-refractivity contribution in [2.75, 3.05) is 29.5 Å². The number of piperidine rings is 1. The van der Waals surface area contributed by atoms with Crippen molar-refractivity contribution in [1.29, 1.82) is 0 Å². The van der Waals surface area contributed by atoms with Crippen LogP contribution >= 0.6 is 23.1 Å². The van der Waals surface area contributed by atoms with Crippen LogP contribution in [0.2, 0.25) is 0 Å². The molecule has 23 heavy (non-hydrogen) atoms. The van der Waals surface area contributed by atoms with Crippen LogP contribution in [0, 0.1) is 0 Å². The number of amides is 1. The van der Waals surface area contributed by atoms with E-state index in [0.29, 0.717) is 5.75 Å². The lowest BCUT2D eigenvalue weighted by Crippen LogP contribution is -2.45. The summed E-state index contributed by atoms with van der Waals surface area (Å²) in [5.74, 6) is 1.48. The highest BCUT2D eigenvalue weighted by atomic mass is 32.2. The molecule has 1 aliphatic rings. The van der Waals surface area contributed by atoms with Crippen LogP contribution in [0.1, 0.15) is 12.8 Å². The molecule has 1 amide bonds. The molecule has 1 aliphatic heterocycles. The SMILES string of the molecule is C=CCSCC(=O)NC1CCN(c2nc3ccccc3s2)CC1. The van der Waals surface area contributed by atoms with Crippen molar-refractivity contribution < 1.29 is 4.79 Å². The molecular weight excluding hydrogens is 326 g/mol. The van der Waals surface area contributed by atoms with Crippen molar-refractivity contribution in [3.8, 4) is 0 Å². The molecule has 4 nitrogen and oxygen atoms in total. The fourth-order valence-electron chi connectivity index (χ4n) is 2.71. The highest BCUT2D eigenvalue weighted by Crippen LogP contribution is 2.30. The Balaban J connectivity index is 1.50. The summed E-state index contributed by atoms with van der Waals surface area (Å²) in [7, 11) is 0. The predicted octanol–water partition coefficient (Wildman–Crippen LogP) is 3.30. The van der Waals surface area contributed by atoms with Gasteiger partial charge < -0.3 is 10.2 Å². The third-order valence-corrected chi connectivity index (χ3v) is 5.92. The number of hydrogen-bond donors (Lipinski definition) is 1. The smallest absolute Gasteiger partial charge is 0.230 e. The van der Waals surface area contributed by atoms with Gasteiger partial charge in [-0.25, -0.2) is 4.98 Å². The number of nitrogens with one attached hydrogen (secondary N) is 1. The average molecular weight is 348 g/mol. The Morgan fingerprint density at radius 3 is 2.96 bits per heavy atom. The Morgan fingerprint density at radius 1 is 1.43 bits per heavy atom. The third kappa shape index (κ3) is 4.26. The van der Waals surface area contributed by atoms with Gasteiger partial charge in [0.1, 0.15) is 0 Å². The van der Waals surface area contributed by atoms with Gasteiger partial charge in [-0.2, -0.15) is 0 Å². The van der Waals surface area contributed by atoms with Crippen LogP contribution in [0.25, 0.3) is 10.2 Å². The van der Waals surface area contributed by atoms with E-state index in [4.69, 9.17) is 4.98 Å². The molecule has 1 aromatic carbocycles. The topological polar surface area (TPSA) is 45.2 Å². The molecule has 122 valence electrons. The second-order valence-corrected chi connectivity index (χ2v) is 7.64. The van der Waals surface area contributed by atoms with Crippen LogP contribution in [0.5, 0.6) is 0 Å². The normalized spacial score (nSPS) is 15.7. The predicted molar refractivity (Wildman–Crippen MR) is 101 cm³/mol. The van der Waals surface area contributed by atoms with E-state index in [1.54, 1.807) is 23.1 Å². The summed E-state index contributed by atoms with van der Waals surface area (Å²) in [5.41, 5.74) is 1.07. The van der Waals surface area contributed by atoms with Crippen molar-refractivity contribution in [2.24, 2.45) is 0 Å². The second kappa shape index (κ2) is 7.84. The van der Waals surface area contributed by atoms with Gasteiger partial charge in [0.25, 0.3) is 0 Å². The fraction of sp³-hybridized carbons (Fsp3) is 0.412. The van der Waals surface area contributed by atoms with E-state index in [0.717, 1.165) is 42.3 Å². The third-order valence-electron chi connectivity index (χ3n) is 3.88. The van der Waals surface area contributed by atoms with Gasteiger partial charge in [-0.1, -0.05) is 29.5 Å². The molecule has 0 radical (unpaired) electrons. The van der Waals surface area contributed by atoms with E-state index < -0.39 is 0 Å². The van der Waals surface area contributed by atoms with E-state index >= 15 is 0 Å². The van der Waals surface area contributed by atoms with Crippen molar-refractivity contribution in [3.05, 3.63) is 36.9 Å². The first-order chi connectivity index (χ1) is 11.3. The highest BCUT2D eigenvalue weighted by molar-refractivity contribution is 8.00. The maximum Gasteiger partial charge on any atom is 0.230 e. The molecular formula is C17H21N3OS2. The zero-order chi connectivity index (χ0) is 16.1. The van der Waals surface area contributed by atoms with Crippen molar-refractivity contribution >= 4 is 44.4 Å². The molecule has 0 aliphatic carbocycles. The number of fused-ring (bicyclic) bond motifs is 1.